The lowest BCUT2D eigenvalue weighted by Crippen LogP contribution is -2.32. The van der Waals surface area contributed by atoms with E-state index in [2.05, 4.69) is 5.32 Å². The Morgan fingerprint density at radius 1 is 1.04 bits per heavy atom. The smallest absolute Gasteiger partial charge is 0.407 e. The van der Waals surface area contributed by atoms with Crippen LogP contribution in [-0.4, -0.2) is 17.6 Å². The minimum atomic E-state index is -0.527. The molecule has 24 heavy (non-hydrogen) atoms. The van der Waals surface area contributed by atoms with Gasteiger partial charge in [0.2, 0.25) is 5.91 Å². The van der Waals surface area contributed by atoms with Crippen molar-refractivity contribution in [1.82, 2.24) is 5.32 Å². The summed E-state index contributed by atoms with van der Waals surface area (Å²) in [4.78, 5) is 23.0. The van der Waals surface area contributed by atoms with E-state index in [4.69, 9.17) is 10.5 Å². The summed E-state index contributed by atoms with van der Waals surface area (Å²) in [6.45, 7) is 5.81. The normalized spacial score (nSPS) is 11.0. The van der Waals surface area contributed by atoms with Gasteiger partial charge in [0.15, 0.2) is 0 Å². The third-order valence-corrected chi connectivity index (χ3v) is 3.24. The first-order chi connectivity index (χ1) is 11.2. The fourth-order valence-corrected chi connectivity index (χ4v) is 2.20. The Labute approximate surface area is 141 Å². The number of nitrogens with one attached hydrogen (secondary N) is 1. The number of rotatable bonds is 4. The molecule has 0 saturated carbocycles. The summed E-state index contributed by atoms with van der Waals surface area (Å²) in [5, 5.41) is 2.73. The molecule has 0 aliphatic rings. The molecule has 2 aromatic carbocycles. The van der Waals surface area contributed by atoms with Gasteiger partial charge in [-0.1, -0.05) is 30.3 Å². The number of carbonyl (C=O) groups excluding carboxylic acids is 2. The highest BCUT2D eigenvalue weighted by Gasteiger charge is 2.15. The van der Waals surface area contributed by atoms with E-state index in [9.17, 15) is 9.59 Å². The van der Waals surface area contributed by atoms with Crippen LogP contribution in [0.1, 0.15) is 36.7 Å². The molecule has 5 heteroatoms. The zero-order valence-corrected chi connectivity index (χ0v) is 14.1. The van der Waals surface area contributed by atoms with Crippen LogP contribution in [0.15, 0.2) is 48.5 Å². The van der Waals surface area contributed by atoms with Crippen molar-refractivity contribution < 1.29 is 14.3 Å². The van der Waals surface area contributed by atoms with Gasteiger partial charge in [0.25, 0.3) is 0 Å². The van der Waals surface area contributed by atoms with Crippen molar-refractivity contribution in [2.45, 2.75) is 32.9 Å². The Kier molecular flexibility index (Phi) is 5.24. The standard InChI is InChI=1S/C19H22N2O3/c1-19(2,3)24-18(23)21-12-13-6-4-7-14(10-13)15-8-5-9-16(11-15)17(20)22/h4-11H,12H2,1-3H3,(H2,20,22)(H,21,23). The number of carbonyl (C=O) groups is 2. The lowest BCUT2D eigenvalue weighted by molar-refractivity contribution is 0.0523. The zero-order valence-electron chi connectivity index (χ0n) is 14.1. The molecule has 5 nitrogen and oxygen atoms in total. The zero-order chi connectivity index (χ0) is 17.7. The van der Waals surface area contributed by atoms with Gasteiger partial charge in [-0.2, -0.15) is 0 Å². The van der Waals surface area contributed by atoms with Crippen LogP contribution in [0.2, 0.25) is 0 Å². The van der Waals surface area contributed by atoms with E-state index in [1.807, 2.05) is 51.1 Å². The molecule has 0 heterocycles. The van der Waals surface area contributed by atoms with Crippen LogP contribution in [0.3, 0.4) is 0 Å². The van der Waals surface area contributed by atoms with Gasteiger partial charge >= 0.3 is 6.09 Å². The third kappa shape index (κ3) is 5.12. The number of ether oxygens (including phenoxy) is 1. The van der Waals surface area contributed by atoms with Gasteiger partial charge < -0.3 is 15.8 Å². The summed E-state index contributed by atoms with van der Waals surface area (Å²) in [5.41, 5.74) is 8.03. The fraction of sp³-hybridized carbons (Fsp3) is 0.263. The number of primary amides is 1. The molecular formula is C19H22N2O3. The van der Waals surface area contributed by atoms with Crippen LogP contribution in [0.4, 0.5) is 4.79 Å². The fourth-order valence-electron chi connectivity index (χ4n) is 2.20. The van der Waals surface area contributed by atoms with Gasteiger partial charge in [-0.05, 0) is 55.7 Å². The minimum absolute atomic E-state index is 0.359. The van der Waals surface area contributed by atoms with E-state index in [-0.39, 0.29) is 0 Å². The summed E-state index contributed by atoms with van der Waals surface area (Å²) < 4.78 is 5.21. The molecule has 0 saturated heterocycles. The Hall–Kier alpha value is -2.82. The van der Waals surface area contributed by atoms with Crippen molar-refractivity contribution >= 4 is 12.0 Å². The number of hydrogen-bond acceptors (Lipinski definition) is 3. The molecule has 2 aromatic rings. The lowest BCUT2D eigenvalue weighted by atomic mass is 10.0. The third-order valence-electron chi connectivity index (χ3n) is 3.24. The predicted octanol–water partition coefficient (Wildman–Crippen LogP) is 3.48. The Morgan fingerprint density at radius 3 is 2.29 bits per heavy atom. The van der Waals surface area contributed by atoms with Crippen LogP contribution in [0.5, 0.6) is 0 Å². The highest BCUT2D eigenvalue weighted by Crippen LogP contribution is 2.21. The van der Waals surface area contributed by atoms with Crippen molar-refractivity contribution in [2.75, 3.05) is 0 Å². The molecule has 3 N–H and O–H groups in total. The number of alkyl carbamates (subject to hydrolysis) is 1. The van der Waals surface area contributed by atoms with Crippen LogP contribution in [0.25, 0.3) is 11.1 Å². The maximum atomic E-state index is 11.7. The maximum absolute atomic E-state index is 11.7. The van der Waals surface area contributed by atoms with Crippen LogP contribution >= 0.6 is 0 Å². The number of nitrogens with two attached hydrogens (primary N) is 1. The van der Waals surface area contributed by atoms with Crippen molar-refractivity contribution in [3.05, 3.63) is 59.7 Å². The van der Waals surface area contributed by atoms with E-state index < -0.39 is 17.6 Å². The second kappa shape index (κ2) is 7.17. The predicted molar refractivity (Wildman–Crippen MR) is 93.5 cm³/mol. The Balaban J connectivity index is 2.10. The molecule has 0 unspecified atom stereocenters. The van der Waals surface area contributed by atoms with Gasteiger partial charge in [-0.25, -0.2) is 4.79 Å². The van der Waals surface area contributed by atoms with Crippen molar-refractivity contribution in [3.63, 3.8) is 0 Å². The summed E-state index contributed by atoms with van der Waals surface area (Å²) in [7, 11) is 0. The monoisotopic (exact) mass is 326 g/mol. The number of benzene rings is 2. The highest BCUT2D eigenvalue weighted by molar-refractivity contribution is 5.94. The molecule has 2 rings (SSSR count). The second-order valence-electron chi connectivity index (χ2n) is 6.50. The lowest BCUT2D eigenvalue weighted by Gasteiger charge is -2.19. The van der Waals surface area contributed by atoms with Crippen LogP contribution in [-0.2, 0) is 11.3 Å². The molecule has 0 bridgehead atoms. The molecule has 0 aliphatic heterocycles. The molecule has 2 amide bonds. The second-order valence-corrected chi connectivity index (χ2v) is 6.50. The van der Waals surface area contributed by atoms with E-state index in [1.54, 1.807) is 18.2 Å². The van der Waals surface area contributed by atoms with Crippen LogP contribution < -0.4 is 11.1 Å². The largest absolute Gasteiger partial charge is 0.444 e. The number of hydrogen-bond donors (Lipinski definition) is 2. The summed E-state index contributed by atoms with van der Waals surface area (Å²) in [6, 6.07) is 14.8. The van der Waals surface area contributed by atoms with Gasteiger partial charge in [-0.3, -0.25) is 4.79 Å². The first-order valence-corrected chi connectivity index (χ1v) is 7.71. The molecule has 0 radical (unpaired) electrons. The molecule has 0 spiro atoms. The van der Waals surface area contributed by atoms with E-state index in [0.29, 0.717) is 12.1 Å². The van der Waals surface area contributed by atoms with Gasteiger partial charge in [0, 0.05) is 12.1 Å². The Bertz CT molecular complexity index is 748. The van der Waals surface area contributed by atoms with Gasteiger partial charge in [0.05, 0.1) is 0 Å². The highest BCUT2D eigenvalue weighted by atomic mass is 16.6. The molecule has 0 aromatic heterocycles. The SMILES string of the molecule is CC(C)(C)OC(=O)NCc1cccc(-c2cccc(C(N)=O)c2)c1. The average molecular weight is 326 g/mol. The topological polar surface area (TPSA) is 81.4 Å². The quantitative estimate of drug-likeness (QED) is 0.902. The minimum Gasteiger partial charge on any atom is -0.444 e. The van der Waals surface area contributed by atoms with Gasteiger partial charge in [-0.15, -0.1) is 0 Å². The summed E-state index contributed by atoms with van der Waals surface area (Å²) in [6.07, 6.45) is -0.455. The van der Waals surface area contributed by atoms with E-state index in [1.165, 1.54) is 0 Å². The summed E-state index contributed by atoms with van der Waals surface area (Å²) >= 11 is 0. The molecule has 0 atom stereocenters. The average Bonchev–Trinajstić information content (AvgIpc) is 2.52. The van der Waals surface area contributed by atoms with Gasteiger partial charge in [0.1, 0.15) is 5.60 Å². The first-order valence-electron chi connectivity index (χ1n) is 7.71. The molecule has 126 valence electrons. The van der Waals surface area contributed by atoms with Crippen molar-refractivity contribution in [2.24, 2.45) is 5.73 Å². The Morgan fingerprint density at radius 2 is 1.67 bits per heavy atom. The molecule has 0 aliphatic carbocycles. The first kappa shape index (κ1) is 17.5. The van der Waals surface area contributed by atoms with E-state index >= 15 is 0 Å². The maximum Gasteiger partial charge on any atom is 0.407 e. The number of amides is 2. The van der Waals surface area contributed by atoms with Crippen LogP contribution in [0, 0.1) is 0 Å². The van der Waals surface area contributed by atoms with Crippen molar-refractivity contribution in [1.29, 1.82) is 0 Å². The molecular weight excluding hydrogens is 304 g/mol. The van der Waals surface area contributed by atoms with Crippen molar-refractivity contribution in [3.8, 4) is 11.1 Å². The van der Waals surface area contributed by atoms with E-state index in [0.717, 1.165) is 16.7 Å². The molecule has 0 fully saturated rings. The summed E-state index contributed by atoms with van der Waals surface area (Å²) in [5.74, 6) is -0.459.